The first-order chi connectivity index (χ1) is 11.6. The molecule has 2 heterocycles. The molecule has 1 aromatic carbocycles. The second-order valence-electron chi connectivity index (χ2n) is 5.25. The highest BCUT2D eigenvalue weighted by Crippen LogP contribution is 2.33. The Kier molecular flexibility index (Phi) is 5.02. The number of carbonyl (C=O) groups excluding carboxylic acids is 1. The van der Waals surface area contributed by atoms with E-state index in [1.54, 1.807) is 4.90 Å². The lowest BCUT2D eigenvalue weighted by molar-refractivity contribution is -0.122. The molecule has 6 heteroatoms. The molecule has 0 saturated carbocycles. The van der Waals surface area contributed by atoms with Crippen molar-refractivity contribution in [3.8, 4) is 0 Å². The van der Waals surface area contributed by atoms with Gasteiger partial charge >= 0.3 is 0 Å². The number of rotatable bonds is 3. The van der Waals surface area contributed by atoms with Gasteiger partial charge in [-0.05, 0) is 61.5 Å². The molecular weight excluding hydrogens is 342 g/mol. The molecular formula is C18H16ClN3OS. The van der Waals surface area contributed by atoms with Gasteiger partial charge in [-0.1, -0.05) is 29.8 Å². The molecule has 0 spiro atoms. The predicted molar refractivity (Wildman–Crippen MR) is 100 cm³/mol. The summed E-state index contributed by atoms with van der Waals surface area (Å²) in [5, 5.41) is 1.29. The number of hydrogen-bond acceptors (Lipinski definition) is 4. The summed E-state index contributed by atoms with van der Waals surface area (Å²) in [6, 6.07) is 13.1. The zero-order valence-corrected chi connectivity index (χ0v) is 14.9. The number of nitrogens with zero attached hydrogens (tertiary/aromatic N) is 3. The van der Waals surface area contributed by atoms with Crippen molar-refractivity contribution >= 4 is 46.3 Å². The molecule has 2 aromatic rings. The number of aliphatic imine (C=N–C) groups is 1. The number of thioether (sulfide) groups is 1. The minimum atomic E-state index is -0.0473. The van der Waals surface area contributed by atoms with Crippen molar-refractivity contribution < 1.29 is 4.79 Å². The first-order valence-corrected chi connectivity index (χ1v) is 8.75. The summed E-state index contributed by atoms with van der Waals surface area (Å²) >= 11 is 7.37. The maximum Gasteiger partial charge on any atom is 0.266 e. The van der Waals surface area contributed by atoms with Crippen molar-refractivity contribution in [2.75, 3.05) is 6.54 Å². The third kappa shape index (κ3) is 3.68. The first kappa shape index (κ1) is 16.7. The molecule has 1 saturated heterocycles. The highest BCUT2D eigenvalue weighted by molar-refractivity contribution is 8.18. The number of carbonyl (C=O) groups is 1. The van der Waals surface area contributed by atoms with Crippen molar-refractivity contribution in [3.63, 3.8) is 0 Å². The van der Waals surface area contributed by atoms with E-state index < -0.39 is 0 Å². The van der Waals surface area contributed by atoms with Crippen molar-refractivity contribution in [2.24, 2.45) is 4.99 Å². The minimum absolute atomic E-state index is 0.0473. The maximum absolute atomic E-state index is 12.6. The Morgan fingerprint density at radius 1 is 1.29 bits per heavy atom. The van der Waals surface area contributed by atoms with E-state index in [0.717, 1.165) is 11.3 Å². The van der Waals surface area contributed by atoms with Gasteiger partial charge < -0.3 is 0 Å². The summed E-state index contributed by atoms with van der Waals surface area (Å²) < 4.78 is 0. The van der Waals surface area contributed by atoms with Gasteiger partial charge in [0.2, 0.25) is 0 Å². The number of pyridine rings is 1. The van der Waals surface area contributed by atoms with E-state index in [-0.39, 0.29) is 5.91 Å². The quantitative estimate of drug-likeness (QED) is 0.750. The van der Waals surface area contributed by atoms with E-state index >= 15 is 0 Å². The molecule has 0 unspecified atom stereocenters. The van der Waals surface area contributed by atoms with Crippen LogP contribution < -0.4 is 0 Å². The lowest BCUT2D eigenvalue weighted by Crippen LogP contribution is -2.28. The normalized spacial score (nSPS) is 18.0. The number of aryl methyl sites for hydroxylation is 1. The van der Waals surface area contributed by atoms with Crippen molar-refractivity contribution in [3.05, 3.63) is 63.6 Å². The van der Waals surface area contributed by atoms with E-state index in [1.165, 1.54) is 11.8 Å². The summed E-state index contributed by atoms with van der Waals surface area (Å²) in [5.74, 6) is 0.557. The monoisotopic (exact) mass is 357 g/mol. The zero-order chi connectivity index (χ0) is 17.1. The fraction of sp³-hybridized carbons (Fsp3) is 0.167. The molecule has 122 valence electrons. The molecule has 1 amide bonds. The third-order valence-corrected chi connectivity index (χ3v) is 4.68. The molecule has 1 fully saturated rings. The van der Waals surface area contributed by atoms with Crippen LogP contribution in [0.3, 0.4) is 0 Å². The average Bonchev–Trinajstić information content (AvgIpc) is 2.82. The second kappa shape index (κ2) is 7.20. The molecule has 0 bridgehead atoms. The number of amidine groups is 1. The Bertz CT molecular complexity index is 848. The Balaban J connectivity index is 1.94. The summed E-state index contributed by atoms with van der Waals surface area (Å²) in [6.45, 7) is 4.40. The number of amides is 1. The molecule has 0 aliphatic carbocycles. The van der Waals surface area contributed by atoms with Crippen LogP contribution in [0.4, 0.5) is 5.82 Å². The molecule has 4 nitrogen and oxygen atoms in total. The Hall–Kier alpha value is -2.11. The molecule has 0 radical (unpaired) electrons. The fourth-order valence-corrected chi connectivity index (χ4v) is 3.56. The zero-order valence-electron chi connectivity index (χ0n) is 13.4. The van der Waals surface area contributed by atoms with Gasteiger partial charge in [-0.15, -0.1) is 0 Å². The van der Waals surface area contributed by atoms with Crippen LogP contribution in [0.1, 0.15) is 18.2 Å². The Morgan fingerprint density at radius 2 is 2.08 bits per heavy atom. The number of likely N-dealkylation sites (N-methyl/N-ethyl adjacent to an activating group) is 1. The van der Waals surface area contributed by atoms with Gasteiger partial charge in [-0.25, -0.2) is 9.98 Å². The predicted octanol–water partition coefficient (Wildman–Crippen LogP) is 4.67. The lowest BCUT2D eigenvalue weighted by atomic mass is 10.2. The van der Waals surface area contributed by atoms with E-state index in [9.17, 15) is 4.79 Å². The standard InChI is InChI=1S/C18H16ClN3OS/c1-3-22-17(23)15(11-13-7-5-8-14(19)10-13)24-18(22)21-16-9-4-6-12(2)20-16/h4-11H,3H2,1-2H3/b15-11-,21-18+. The van der Waals surface area contributed by atoms with Crippen LogP contribution in [0.2, 0.25) is 5.02 Å². The molecule has 0 atom stereocenters. The van der Waals surface area contributed by atoms with Crippen LogP contribution in [-0.2, 0) is 4.79 Å². The number of aromatic nitrogens is 1. The van der Waals surface area contributed by atoms with E-state index in [4.69, 9.17) is 11.6 Å². The molecule has 1 aromatic heterocycles. The Labute approximate surface area is 150 Å². The summed E-state index contributed by atoms with van der Waals surface area (Å²) in [5.41, 5.74) is 1.79. The molecule has 1 aliphatic heterocycles. The van der Waals surface area contributed by atoms with Gasteiger partial charge in [0.15, 0.2) is 11.0 Å². The van der Waals surface area contributed by atoms with Crippen LogP contribution in [-0.4, -0.2) is 27.5 Å². The summed E-state index contributed by atoms with van der Waals surface area (Å²) in [6.07, 6.45) is 1.84. The molecule has 24 heavy (non-hydrogen) atoms. The van der Waals surface area contributed by atoms with Crippen LogP contribution in [0, 0.1) is 6.92 Å². The topological polar surface area (TPSA) is 45.6 Å². The smallest absolute Gasteiger partial charge is 0.266 e. The average molecular weight is 358 g/mol. The van der Waals surface area contributed by atoms with Gasteiger partial charge in [-0.2, -0.15) is 0 Å². The maximum atomic E-state index is 12.6. The van der Waals surface area contributed by atoms with Crippen molar-refractivity contribution in [1.29, 1.82) is 0 Å². The highest BCUT2D eigenvalue weighted by atomic mass is 35.5. The molecule has 1 aliphatic rings. The largest absolute Gasteiger partial charge is 0.287 e. The van der Waals surface area contributed by atoms with Gasteiger partial charge in [0.1, 0.15) is 0 Å². The van der Waals surface area contributed by atoms with Crippen LogP contribution >= 0.6 is 23.4 Å². The van der Waals surface area contributed by atoms with Gasteiger partial charge in [0.05, 0.1) is 4.91 Å². The Morgan fingerprint density at radius 3 is 2.79 bits per heavy atom. The summed E-state index contributed by atoms with van der Waals surface area (Å²) in [7, 11) is 0. The molecule has 0 N–H and O–H groups in total. The van der Waals surface area contributed by atoms with E-state index in [2.05, 4.69) is 9.98 Å². The lowest BCUT2D eigenvalue weighted by Gasteiger charge is -2.11. The van der Waals surface area contributed by atoms with E-state index in [1.807, 2.05) is 62.4 Å². The fourth-order valence-electron chi connectivity index (χ4n) is 2.31. The number of halogens is 1. The van der Waals surface area contributed by atoms with Crippen LogP contribution in [0.5, 0.6) is 0 Å². The second-order valence-corrected chi connectivity index (χ2v) is 6.69. The van der Waals surface area contributed by atoms with E-state index in [0.29, 0.717) is 27.5 Å². The molecule has 3 rings (SSSR count). The third-order valence-electron chi connectivity index (χ3n) is 3.43. The van der Waals surface area contributed by atoms with Crippen molar-refractivity contribution in [2.45, 2.75) is 13.8 Å². The van der Waals surface area contributed by atoms with Crippen molar-refractivity contribution in [1.82, 2.24) is 9.88 Å². The summed E-state index contributed by atoms with van der Waals surface area (Å²) in [4.78, 5) is 23.8. The highest BCUT2D eigenvalue weighted by Gasteiger charge is 2.32. The SMILES string of the molecule is CCN1C(=O)/C(=C/c2cccc(Cl)c2)S/C1=N/c1cccc(C)n1. The number of benzene rings is 1. The van der Waals surface area contributed by atoms with Gasteiger partial charge in [-0.3, -0.25) is 9.69 Å². The minimum Gasteiger partial charge on any atom is -0.287 e. The number of hydrogen-bond donors (Lipinski definition) is 0. The van der Waals surface area contributed by atoms with Crippen LogP contribution in [0.15, 0.2) is 52.4 Å². The van der Waals surface area contributed by atoms with Crippen LogP contribution in [0.25, 0.3) is 6.08 Å². The van der Waals surface area contributed by atoms with Gasteiger partial charge in [0, 0.05) is 17.3 Å². The van der Waals surface area contributed by atoms with Gasteiger partial charge in [0.25, 0.3) is 5.91 Å². The first-order valence-electron chi connectivity index (χ1n) is 7.56.